The molecule has 3 heterocycles. The normalized spacial score (nSPS) is 20.8. The predicted octanol–water partition coefficient (Wildman–Crippen LogP) is 2.73. The van der Waals surface area contributed by atoms with Gasteiger partial charge in [-0.05, 0) is 44.1 Å². The lowest BCUT2D eigenvalue weighted by molar-refractivity contribution is -0.126. The molecule has 5 rings (SSSR count). The number of rotatable bonds is 7. The Balaban J connectivity index is 1.26. The molecule has 0 aromatic heterocycles. The Kier molecular flexibility index (Phi) is 6.09. The van der Waals surface area contributed by atoms with Crippen molar-refractivity contribution in [2.75, 3.05) is 45.0 Å². The van der Waals surface area contributed by atoms with Gasteiger partial charge < -0.3 is 24.4 Å². The molecule has 174 valence electrons. The molecule has 1 N–H and O–H groups in total. The molecular formula is C25H29N3O5. The van der Waals surface area contributed by atoms with Crippen LogP contribution in [-0.4, -0.2) is 56.8 Å². The van der Waals surface area contributed by atoms with Crippen LogP contribution in [0.1, 0.15) is 30.9 Å². The Morgan fingerprint density at radius 1 is 1.15 bits per heavy atom. The second kappa shape index (κ2) is 9.31. The van der Waals surface area contributed by atoms with Crippen molar-refractivity contribution in [3.8, 4) is 17.2 Å². The van der Waals surface area contributed by atoms with E-state index >= 15 is 0 Å². The van der Waals surface area contributed by atoms with Gasteiger partial charge in [0.25, 0.3) is 0 Å². The van der Waals surface area contributed by atoms with E-state index in [1.165, 1.54) is 0 Å². The third-order valence-electron chi connectivity index (χ3n) is 6.71. The quantitative estimate of drug-likeness (QED) is 0.697. The fourth-order valence-corrected chi connectivity index (χ4v) is 4.96. The van der Waals surface area contributed by atoms with E-state index < -0.39 is 0 Å². The van der Waals surface area contributed by atoms with Crippen LogP contribution >= 0.6 is 0 Å². The fourth-order valence-electron chi connectivity index (χ4n) is 4.96. The highest BCUT2D eigenvalue weighted by atomic mass is 16.7. The van der Waals surface area contributed by atoms with Crippen molar-refractivity contribution >= 4 is 17.5 Å². The fraction of sp³-hybridized carbons (Fsp3) is 0.440. The maximum atomic E-state index is 13.1. The number of hydrogen-bond acceptors (Lipinski definition) is 6. The van der Waals surface area contributed by atoms with E-state index in [1.54, 1.807) is 24.1 Å². The summed E-state index contributed by atoms with van der Waals surface area (Å²) in [6, 6.07) is 13.4. The van der Waals surface area contributed by atoms with Gasteiger partial charge in [0.05, 0.1) is 19.1 Å². The summed E-state index contributed by atoms with van der Waals surface area (Å²) in [6.07, 6.45) is 2.51. The zero-order chi connectivity index (χ0) is 22.8. The van der Waals surface area contributed by atoms with Crippen LogP contribution in [0.5, 0.6) is 17.2 Å². The third-order valence-corrected chi connectivity index (χ3v) is 6.71. The van der Waals surface area contributed by atoms with Crippen LogP contribution in [0, 0.1) is 5.92 Å². The van der Waals surface area contributed by atoms with Crippen molar-refractivity contribution in [3.63, 3.8) is 0 Å². The number of carbonyl (C=O) groups excluding carboxylic acids is 2. The molecule has 2 aromatic rings. The Morgan fingerprint density at radius 3 is 2.76 bits per heavy atom. The third kappa shape index (κ3) is 4.35. The van der Waals surface area contributed by atoms with Gasteiger partial charge in [0, 0.05) is 36.8 Å². The van der Waals surface area contributed by atoms with Crippen LogP contribution in [0.2, 0.25) is 0 Å². The summed E-state index contributed by atoms with van der Waals surface area (Å²) in [5.74, 6) is 1.58. The predicted molar refractivity (Wildman–Crippen MR) is 123 cm³/mol. The van der Waals surface area contributed by atoms with E-state index in [4.69, 9.17) is 14.2 Å². The first-order chi connectivity index (χ1) is 16.1. The van der Waals surface area contributed by atoms with Gasteiger partial charge in [0.2, 0.25) is 18.6 Å². The monoisotopic (exact) mass is 451 g/mol. The van der Waals surface area contributed by atoms with Crippen LogP contribution in [0.4, 0.5) is 5.69 Å². The maximum Gasteiger partial charge on any atom is 0.231 e. The second-order valence-corrected chi connectivity index (χ2v) is 8.69. The van der Waals surface area contributed by atoms with Crippen molar-refractivity contribution in [1.29, 1.82) is 0 Å². The lowest BCUT2D eigenvalue weighted by Gasteiger charge is -2.29. The summed E-state index contributed by atoms with van der Waals surface area (Å²) in [5, 5.41) is 3.13. The molecule has 0 aliphatic carbocycles. The van der Waals surface area contributed by atoms with E-state index in [0.29, 0.717) is 24.6 Å². The minimum atomic E-state index is -0.389. The first-order valence-electron chi connectivity index (χ1n) is 11.5. The number of hydrogen-bond donors (Lipinski definition) is 1. The largest absolute Gasteiger partial charge is 0.496 e. The molecule has 2 atom stereocenters. The molecule has 8 heteroatoms. The Hall–Kier alpha value is -3.26. The van der Waals surface area contributed by atoms with Crippen LogP contribution in [-0.2, 0) is 9.59 Å². The lowest BCUT2D eigenvalue weighted by Crippen LogP contribution is -2.40. The molecule has 0 unspecified atom stereocenters. The number of nitrogens with one attached hydrogen (secondary N) is 1. The molecular weight excluding hydrogens is 422 g/mol. The average Bonchev–Trinajstić information content (AvgIpc) is 3.60. The first kappa shape index (κ1) is 21.6. The van der Waals surface area contributed by atoms with Gasteiger partial charge in [0.15, 0.2) is 11.5 Å². The molecule has 3 aliphatic rings. The molecule has 0 radical (unpaired) electrons. The van der Waals surface area contributed by atoms with Gasteiger partial charge >= 0.3 is 0 Å². The topological polar surface area (TPSA) is 80.3 Å². The van der Waals surface area contributed by atoms with Crippen LogP contribution < -0.4 is 24.4 Å². The van der Waals surface area contributed by atoms with Gasteiger partial charge in [-0.3, -0.25) is 14.5 Å². The number of methoxy groups -OCH3 is 1. The van der Waals surface area contributed by atoms with Crippen molar-refractivity contribution in [2.24, 2.45) is 5.92 Å². The summed E-state index contributed by atoms with van der Waals surface area (Å²) in [6.45, 7) is 3.01. The lowest BCUT2D eigenvalue weighted by atomic mass is 10.0. The summed E-state index contributed by atoms with van der Waals surface area (Å²) in [5.41, 5.74) is 1.80. The van der Waals surface area contributed by atoms with Crippen molar-refractivity contribution in [2.45, 2.75) is 25.3 Å². The standard InChI is InChI=1S/C25H29N3O5/c1-31-21-7-3-2-6-19(21)20(27-10-4-5-11-27)14-26-25(30)17-12-24(29)28(15-17)18-8-9-22-23(13-18)33-16-32-22/h2-3,6-9,13,17,20H,4-5,10-12,14-16H2,1H3,(H,26,30)/t17-,20-/m1/s1. The number of ether oxygens (including phenoxy) is 3. The van der Waals surface area contributed by atoms with E-state index in [2.05, 4.69) is 16.3 Å². The molecule has 8 nitrogen and oxygen atoms in total. The summed E-state index contributed by atoms with van der Waals surface area (Å²) in [4.78, 5) is 29.8. The Labute approximate surface area is 193 Å². The number of para-hydroxylation sites is 1. The first-order valence-corrected chi connectivity index (χ1v) is 11.5. The highest BCUT2D eigenvalue weighted by molar-refractivity contribution is 6.00. The smallest absolute Gasteiger partial charge is 0.231 e. The van der Waals surface area contributed by atoms with Gasteiger partial charge in [-0.1, -0.05) is 18.2 Å². The van der Waals surface area contributed by atoms with Crippen molar-refractivity contribution in [3.05, 3.63) is 48.0 Å². The Bertz CT molecular complexity index is 1040. The number of benzene rings is 2. The Morgan fingerprint density at radius 2 is 1.94 bits per heavy atom. The molecule has 2 saturated heterocycles. The summed E-state index contributed by atoms with van der Waals surface area (Å²) in [7, 11) is 1.67. The molecule has 2 amide bonds. The van der Waals surface area contributed by atoms with Gasteiger partial charge in [-0.25, -0.2) is 0 Å². The minimum absolute atomic E-state index is 0.0367. The minimum Gasteiger partial charge on any atom is -0.496 e. The second-order valence-electron chi connectivity index (χ2n) is 8.69. The van der Waals surface area contributed by atoms with Gasteiger partial charge in [-0.2, -0.15) is 0 Å². The molecule has 33 heavy (non-hydrogen) atoms. The maximum absolute atomic E-state index is 13.1. The number of fused-ring (bicyclic) bond motifs is 1. The van der Waals surface area contributed by atoms with Crippen LogP contribution in [0.15, 0.2) is 42.5 Å². The molecule has 0 bridgehead atoms. The SMILES string of the molecule is COc1ccccc1[C@@H](CNC(=O)[C@@H]1CC(=O)N(c2ccc3c(c2)OCO3)C1)N1CCCC1. The number of likely N-dealkylation sites (tertiary alicyclic amines) is 1. The zero-order valence-electron chi connectivity index (χ0n) is 18.8. The number of anilines is 1. The van der Waals surface area contributed by atoms with Crippen LogP contribution in [0.3, 0.4) is 0 Å². The molecule has 0 spiro atoms. The van der Waals surface area contributed by atoms with Crippen molar-refractivity contribution in [1.82, 2.24) is 10.2 Å². The van der Waals surface area contributed by atoms with Crippen molar-refractivity contribution < 1.29 is 23.8 Å². The number of nitrogens with zero attached hydrogens (tertiary/aromatic N) is 2. The zero-order valence-corrected chi connectivity index (χ0v) is 18.8. The van der Waals surface area contributed by atoms with E-state index in [1.807, 2.05) is 24.3 Å². The van der Waals surface area contributed by atoms with E-state index in [9.17, 15) is 9.59 Å². The molecule has 2 fully saturated rings. The highest BCUT2D eigenvalue weighted by Gasteiger charge is 2.36. The van der Waals surface area contributed by atoms with E-state index in [0.717, 1.165) is 42.9 Å². The average molecular weight is 452 g/mol. The molecule has 3 aliphatic heterocycles. The summed E-state index contributed by atoms with van der Waals surface area (Å²) >= 11 is 0. The number of amides is 2. The highest BCUT2D eigenvalue weighted by Crippen LogP contribution is 2.37. The van der Waals surface area contributed by atoms with E-state index in [-0.39, 0.29) is 37.0 Å². The van der Waals surface area contributed by atoms with Gasteiger partial charge in [0.1, 0.15) is 5.75 Å². The number of carbonyl (C=O) groups is 2. The van der Waals surface area contributed by atoms with Crippen LogP contribution in [0.25, 0.3) is 0 Å². The molecule has 2 aromatic carbocycles. The summed E-state index contributed by atoms with van der Waals surface area (Å²) < 4.78 is 16.4. The molecule has 0 saturated carbocycles. The van der Waals surface area contributed by atoms with Gasteiger partial charge in [-0.15, -0.1) is 0 Å².